The number of hydrogen-bond acceptors (Lipinski definition) is 8. The number of aryl methyl sites for hydroxylation is 2. The Bertz CT molecular complexity index is 1230. The van der Waals surface area contributed by atoms with Crippen LogP contribution in [-0.2, 0) is 14.8 Å². The van der Waals surface area contributed by atoms with Crippen molar-refractivity contribution in [2.24, 2.45) is 5.10 Å². The van der Waals surface area contributed by atoms with Crippen LogP contribution in [0.5, 0.6) is 0 Å². The summed E-state index contributed by atoms with van der Waals surface area (Å²) in [4.78, 5) is 21.3. The molecule has 3 aromatic rings. The first kappa shape index (κ1) is 22.8. The van der Waals surface area contributed by atoms with E-state index in [0.29, 0.717) is 11.5 Å². The second-order valence-electron chi connectivity index (χ2n) is 6.91. The largest absolute Gasteiger partial charge is 0.481 e. The Morgan fingerprint density at radius 3 is 2.58 bits per heavy atom. The molecule has 0 radical (unpaired) electrons. The molecule has 164 valence electrons. The summed E-state index contributed by atoms with van der Waals surface area (Å²) in [6, 6.07) is 6.32. The molecule has 0 aliphatic carbocycles. The summed E-state index contributed by atoms with van der Waals surface area (Å²) in [6.45, 7) is 5.94. The van der Waals surface area contributed by atoms with E-state index < -0.39 is 16.0 Å². The number of carboxylic acids is 1. The Morgan fingerprint density at radius 1 is 1.19 bits per heavy atom. The molecule has 0 aliphatic heterocycles. The third kappa shape index (κ3) is 5.43. The van der Waals surface area contributed by atoms with Crippen molar-refractivity contribution in [2.45, 2.75) is 38.5 Å². The second-order valence-corrected chi connectivity index (χ2v) is 9.88. The predicted octanol–water partition coefficient (Wildman–Crippen LogP) is 3.29. The molecule has 2 aromatic heterocycles. The van der Waals surface area contributed by atoms with Gasteiger partial charge in [-0.15, -0.1) is 11.3 Å². The molecule has 0 saturated heterocycles. The summed E-state index contributed by atoms with van der Waals surface area (Å²) in [5.74, 6) is -0.338. The van der Waals surface area contributed by atoms with Crippen LogP contribution in [0.4, 0.5) is 5.82 Å². The molecule has 0 spiro atoms. The fourth-order valence-electron chi connectivity index (χ4n) is 2.87. The quantitative estimate of drug-likeness (QED) is 0.253. The number of nitrogens with zero attached hydrogens (tertiary/aromatic N) is 3. The van der Waals surface area contributed by atoms with E-state index in [0.717, 1.165) is 21.3 Å². The van der Waals surface area contributed by atoms with E-state index in [1.165, 1.54) is 23.3 Å². The molecule has 0 atom stereocenters. The minimum Gasteiger partial charge on any atom is -0.481 e. The van der Waals surface area contributed by atoms with Crippen LogP contribution >= 0.6 is 11.3 Å². The third-order valence-corrected chi connectivity index (χ3v) is 7.33. The maximum atomic E-state index is 12.3. The number of carboxylic acid groups (broad SMARTS) is 1. The zero-order chi connectivity index (χ0) is 22.6. The molecular weight excluding hydrogens is 438 g/mol. The monoisotopic (exact) mass is 461 g/mol. The fourth-order valence-corrected chi connectivity index (χ4v) is 4.94. The predicted molar refractivity (Wildman–Crippen MR) is 121 cm³/mol. The molecular formula is C20H23N5O4S2. The lowest BCUT2D eigenvalue weighted by Crippen LogP contribution is -2.25. The van der Waals surface area contributed by atoms with Gasteiger partial charge in [0.1, 0.15) is 11.2 Å². The van der Waals surface area contributed by atoms with Crippen molar-refractivity contribution in [3.63, 3.8) is 0 Å². The van der Waals surface area contributed by atoms with Crippen LogP contribution in [0.3, 0.4) is 0 Å². The second kappa shape index (κ2) is 9.50. The SMILES string of the molecule is CC(=NNc1ncnc2sc(C)c(C)c12)c1ccc(S(=O)(=O)NCCCC(=O)O)cc1. The number of nitrogens with one attached hydrogen (secondary N) is 2. The van der Waals surface area contributed by atoms with Crippen LogP contribution in [0.25, 0.3) is 10.2 Å². The Hall–Kier alpha value is -2.89. The van der Waals surface area contributed by atoms with Crippen LogP contribution in [0.2, 0.25) is 0 Å². The highest BCUT2D eigenvalue weighted by atomic mass is 32.2. The highest BCUT2D eigenvalue weighted by Gasteiger charge is 2.14. The van der Waals surface area contributed by atoms with Gasteiger partial charge >= 0.3 is 5.97 Å². The van der Waals surface area contributed by atoms with Gasteiger partial charge in [-0.3, -0.25) is 10.2 Å². The normalized spacial score (nSPS) is 12.3. The lowest BCUT2D eigenvalue weighted by atomic mass is 10.1. The number of sulfonamides is 1. The molecule has 3 N–H and O–H groups in total. The molecule has 1 aromatic carbocycles. The van der Waals surface area contributed by atoms with E-state index in [-0.39, 0.29) is 24.3 Å². The molecule has 3 rings (SSSR count). The van der Waals surface area contributed by atoms with Crippen molar-refractivity contribution in [1.82, 2.24) is 14.7 Å². The van der Waals surface area contributed by atoms with Gasteiger partial charge in [0.15, 0.2) is 5.82 Å². The van der Waals surface area contributed by atoms with Gasteiger partial charge in [-0.2, -0.15) is 5.10 Å². The first-order chi connectivity index (χ1) is 14.7. The van der Waals surface area contributed by atoms with Gasteiger partial charge in [0.2, 0.25) is 10.0 Å². The number of aliphatic carboxylic acids is 1. The molecule has 0 aliphatic rings. The van der Waals surface area contributed by atoms with E-state index in [4.69, 9.17) is 5.11 Å². The van der Waals surface area contributed by atoms with E-state index in [9.17, 15) is 13.2 Å². The van der Waals surface area contributed by atoms with Crippen LogP contribution in [0, 0.1) is 13.8 Å². The summed E-state index contributed by atoms with van der Waals surface area (Å²) >= 11 is 1.60. The van der Waals surface area contributed by atoms with Gasteiger partial charge in [-0.1, -0.05) is 12.1 Å². The van der Waals surface area contributed by atoms with Crippen molar-refractivity contribution < 1.29 is 18.3 Å². The molecule has 0 fully saturated rings. The van der Waals surface area contributed by atoms with Crippen molar-refractivity contribution >= 4 is 49.1 Å². The number of fused-ring (bicyclic) bond motifs is 1. The third-order valence-electron chi connectivity index (χ3n) is 4.74. The zero-order valence-electron chi connectivity index (χ0n) is 17.3. The number of thiophene rings is 1. The van der Waals surface area contributed by atoms with E-state index >= 15 is 0 Å². The van der Waals surface area contributed by atoms with E-state index in [2.05, 4.69) is 25.2 Å². The summed E-state index contributed by atoms with van der Waals surface area (Å²) < 4.78 is 27.0. The first-order valence-corrected chi connectivity index (χ1v) is 11.8. The van der Waals surface area contributed by atoms with Gasteiger partial charge in [0, 0.05) is 17.8 Å². The van der Waals surface area contributed by atoms with Gasteiger partial charge in [-0.05, 0) is 50.5 Å². The van der Waals surface area contributed by atoms with Crippen LogP contribution < -0.4 is 10.1 Å². The molecule has 0 unspecified atom stereocenters. The highest BCUT2D eigenvalue weighted by molar-refractivity contribution is 7.89. The summed E-state index contributed by atoms with van der Waals surface area (Å²) in [5.41, 5.74) is 5.52. The topological polar surface area (TPSA) is 134 Å². The Kier molecular flexibility index (Phi) is 6.98. The minimum absolute atomic E-state index is 0.0651. The molecule has 9 nitrogen and oxygen atoms in total. The van der Waals surface area contributed by atoms with Crippen LogP contribution in [0.15, 0.2) is 40.6 Å². The standard InChI is InChI=1S/C20H23N5O4S2/c1-12-14(3)30-20-18(12)19(21-11-22-20)25-24-13(2)15-6-8-16(9-7-15)31(28,29)23-10-4-5-17(26)27/h6-9,11,23H,4-5,10H2,1-3H3,(H,26,27)(H,21,22,25). The van der Waals surface area contributed by atoms with Crippen LogP contribution in [0.1, 0.15) is 35.8 Å². The van der Waals surface area contributed by atoms with E-state index in [1.807, 2.05) is 20.8 Å². The van der Waals surface area contributed by atoms with Crippen molar-refractivity contribution in [3.8, 4) is 0 Å². The molecule has 0 saturated carbocycles. The van der Waals surface area contributed by atoms with Gasteiger partial charge in [-0.25, -0.2) is 23.1 Å². The zero-order valence-corrected chi connectivity index (χ0v) is 19.0. The number of carbonyl (C=O) groups is 1. The maximum absolute atomic E-state index is 12.3. The number of hydrogen-bond donors (Lipinski definition) is 3. The van der Waals surface area contributed by atoms with Gasteiger partial charge < -0.3 is 5.11 Å². The number of aromatic nitrogens is 2. The summed E-state index contributed by atoms with van der Waals surface area (Å²) in [6.07, 6.45) is 1.63. The average Bonchev–Trinajstić information content (AvgIpc) is 3.03. The smallest absolute Gasteiger partial charge is 0.303 e. The summed E-state index contributed by atoms with van der Waals surface area (Å²) in [5, 5.41) is 14.0. The first-order valence-electron chi connectivity index (χ1n) is 9.52. The maximum Gasteiger partial charge on any atom is 0.303 e. The number of rotatable bonds is 9. The molecule has 2 heterocycles. The lowest BCUT2D eigenvalue weighted by molar-refractivity contribution is -0.137. The molecule has 31 heavy (non-hydrogen) atoms. The Morgan fingerprint density at radius 2 is 1.90 bits per heavy atom. The molecule has 11 heteroatoms. The van der Waals surface area contributed by atoms with Gasteiger partial charge in [0.05, 0.1) is 16.0 Å². The molecule has 0 bridgehead atoms. The number of anilines is 1. The minimum atomic E-state index is -3.70. The van der Waals surface area contributed by atoms with E-state index in [1.54, 1.807) is 23.5 Å². The summed E-state index contributed by atoms with van der Waals surface area (Å²) in [7, 11) is -3.70. The van der Waals surface area contributed by atoms with Crippen molar-refractivity contribution in [1.29, 1.82) is 0 Å². The number of hydrazone groups is 1. The lowest BCUT2D eigenvalue weighted by Gasteiger charge is -2.08. The van der Waals surface area contributed by atoms with Crippen LogP contribution in [-0.4, -0.2) is 41.7 Å². The fraction of sp³-hybridized carbons (Fsp3) is 0.300. The Labute approximate surface area is 184 Å². The number of benzene rings is 1. The molecule has 0 amide bonds. The van der Waals surface area contributed by atoms with Gasteiger partial charge in [0.25, 0.3) is 0 Å². The highest BCUT2D eigenvalue weighted by Crippen LogP contribution is 2.32. The van der Waals surface area contributed by atoms with Crippen molar-refractivity contribution in [3.05, 3.63) is 46.6 Å². The average molecular weight is 462 g/mol. The Balaban J connectivity index is 1.71. The van der Waals surface area contributed by atoms with Crippen molar-refractivity contribution in [2.75, 3.05) is 12.0 Å².